The van der Waals surface area contributed by atoms with Crippen molar-refractivity contribution in [3.05, 3.63) is 12.2 Å². The lowest BCUT2D eigenvalue weighted by Crippen LogP contribution is -2.32. The van der Waals surface area contributed by atoms with Crippen molar-refractivity contribution >= 4 is 0 Å². The van der Waals surface area contributed by atoms with Crippen molar-refractivity contribution < 1.29 is 4.74 Å². The number of hydrogen-bond donors (Lipinski definition) is 0. The van der Waals surface area contributed by atoms with Crippen LogP contribution in [0.25, 0.3) is 0 Å². The minimum Gasteiger partial charge on any atom is -0.378 e. The van der Waals surface area contributed by atoms with E-state index in [2.05, 4.69) is 39.8 Å². The molecule has 0 amide bonds. The Morgan fingerprint density at radius 1 is 0.947 bits per heavy atom. The zero-order valence-corrected chi connectivity index (χ0v) is 14.0. The lowest BCUT2D eigenvalue weighted by molar-refractivity contribution is -0.0153. The lowest BCUT2D eigenvalue weighted by atomic mass is 9.85. The Balaban J connectivity index is 4.15. The van der Waals surface area contributed by atoms with E-state index in [1.807, 2.05) is 7.11 Å². The van der Waals surface area contributed by atoms with Gasteiger partial charge in [0.1, 0.15) is 0 Å². The maximum atomic E-state index is 5.68. The van der Waals surface area contributed by atoms with Crippen molar-refractivity contribution in [2.45, 2.75) is 91.1 Å². The fourth-order valence-electron chi connectivity index (χ4n) is 2.38. The van der Waals surface area contributed by atoms with E-state index >= 15 is 0 Å². The number of hydrogen-bond acceptors (Lipinski definition) is 1. The highest BCUT2D eigenvalue weighted by atomic mass is 16.5. The maximum Gasteiger partial charge on any atom is 0.0685 e. The van der Waals surface area contributed by atoms with Gasteiger partial charge >= 0.3 is 0 Å². The van der Waals surface area contributed by atoms with Gasteiger partial charge in [-0.05, 0) is 26.7 Å². The Hall–Kier alpha value is -0.300. The first-order valence-corrected chi connectivity index (χ1v) is 8.30. The average molecular weight is 268 g/mol. The summed E-state index contributed by atoms with van der Waals surface area (Å²) in [4.78, 5) is 0. The van der Waals surface area contributed by atoms with Gasteiger partial charge in [-0.1, -0.05) is 70.9 Å². The standard InChI is InChI=1S/C18H36O/c1-6-8-10-12-14-16-17(18(3,4)19-5)15-13-11-9-7-2/h13,15,17H,6-12,14,16H2,1-5H3. The summed E-state index contributed by atoms with van der Waals surface area (Å²) in [6.45, 7) is 8.95. The van der Waals surface area contributed by atoms with E-state index in [4.69, 9.17) is 4.74 Å². The van der Waals surface area contributed by atoms with E-state index in [1.54, 1.807) is 0 Å². The molecule has 1 nitrogen and oxygen atoms in total. The summed E-state index contributed by atoms with van der Waals surface area (Å²) < 4.78 is 5.68. The van der Waals surface area contributed by atoms with Crippen LogP contribution in [0.2, 0.25) is 0 Å². The van der Waals surface area contributed by atoms with E-state index in [9.17, 15) is 0 Å². The van der Waals surface area contributed by atoms with Crippen LogP contribution in [-0.2, 0) is 4.74 Å². The first-order chi connectivity index (χ1) is 9.08. The first-order valence-electron chi connectivity index (χ1n) is 8.30. The second kappa shape index (κ2) is 11.5. The van der Waals surface area contributed by atoms with Crippen LogP contribution in [0.1, 0.15) is 85.5 Å². The molecule has 0 aliphatic heterocycles. The Labute approximate surface area is 121 Å². The average Bonchev–Trinajstić information content (AvgIpc) is 2.40. The molecule has 0 spiro atoms. The molecule has 0 aromatic rings. The van der Waals surface area contributed by atoms with Gasteiger partial charge < -0.3 is 4.74 Å². The van der Waals surface area contributed by atoms with Gasteiger partial charge in [-0.25, -0.2) is 0 Å². The minimum absolute atomic E-state index is 0.0343. The Kier molecular flexibility index (Phi) is 11.3. The van der Waals surface area contributed by atoms with Gasteiger partial charge in [-0.2, -0.15) is 0 Å². The van der Waals surface area contributed by atoms with E-state index in [0.29, 0.717) is 5.92 Å². The van der Waals surface area contributed by atoms with Gasteiger partial charge in [-0.3, -0.25) is 0 Å². The summed E-state index contributed by atoms with van der Waals surface area (Å²) in [5, 5.41) is 0. The molecule has 0 radical (unpaired) electrons. The molecule has 0 aromatic carbocycles. The van der Waals surface area contributed by atoms with Crippen LogP contribution in [0.5, 0.6) is 0 Å². The van der Waals surface area contributed by atoms with E-state index in [0.717, 1.165) is 0 Å². The zero-order chi connectivity index (χ0) is 14.6. The summed E-state index contributed by atoms with van der Waals surface area (Å²) in [5.41, 5.74) is -0.0343. The van der Waals surface area contributed by atoms with E-state index in [-0.39, 0.29) is 5.60 Å². The molecule has 0 saturated heterocycles. The summed E-state index contributed by atoms with van der Waals surface area (Å²) in [6.07, 6.45) is 16.6. The van der Waals surface area contributed by atoms with Crippen molar-refractivity contribution in [3.8, 4) is 0 Å². The molecule has 0 N–H and O–H groups in total. The van der Waals surface area contributed by atoms with Crippen molar-refractivity contribution in [2.24, 2.45) is 5.92 Å². The van der Waals surface area contributed by atoms with Crippen molar-refractivity contribution in [3.63, 3.8) is 0 Å². The normalized spacial score (nSPS) is 14.2. The molecular formula is C18H36O. The van der Waals surface area contributed by atoms with E-state index < -0.39 is 0 Å². The highest BCUT2D eigenvalue weighted by Crippen LogP contribution is 2.27. The number of allylic oxidation sites excluding steroid dienone is 1. The van der Waals surface area contributed by atoms with Crippen LogP contribution < -0.4 is 0 Å². The number of rotatable bonds is 12. The second-order valence-electron chi connectivity index (χ2n) is 6.19. The number of unbranched alkanes of at least 4 members (excludes halogenated alkanes) is 6. The van der Waals surface area contributed by atoms with Crippen LogP contribution in [0, 0.1) is 5.92 Å². The van der Waals surface area contributed by atoms with Crippen LogP contribution in [0.3, 0.4) is 0 Å². The van der Waals surface area contributed by atoms with Crippen molar-refractivity contribution in [1.29, 1.82) is 0 Å². The third-order valence-corrected chi connectivity index (χ3v) is 4.13. The molecule has 0 fully saturated rings. The predicted molar refractivity (Wildman–Crippen MR) is 86.6 cm³/mol. The van der Waals surface area contributed by atoms with Crippen LogP contribution in [-0.4, -0.2) is 12.7 Å². The molecule has 0 aliphatic carbocycles. The third-order valence-electron chi connectivity index (χ3n) is 4.13. The topological polar surface area (TPSA) is 9.23 Å². The van der Waals surface area contributed by atoms with Gasteiger partial charge in [0.15, 0.2) is 0 Å². The summed E-state index contributed by atoms with van der Waals surface area (Å²) in [7, 11) is 1.84. The van der Waals surface area contributed by atoms with Crippen molar-refractivity contribution in [2.75, 3.05) is 7.11 Å². The highest BCUT2D eigenvalue weighted by Gasteiger charge is 2.26. The quantitative estimate of drug-likeness (QED) is 0.305. The van der Waals surface area contributed by atoms with E-state index in [1.165, 1.54) is 57.8 Å². The third kappa shape index (κ3) is 9.27. The van der Waals surface area contributed by atoms with Gasteiger partial charge in [0, 0.05) is 13.0 Å². The molecule has 1 heteroatoms. The molecule has 0 saturated carbocycles. The Morgan fingerprint density at radius 3 is 2.16 bits per heavy atom. The van der Waals surface area contributed by atoms with Gasteiger partial charge in [0.2, 0.25) is 0 Å². The predicted octanol–water partition coefficient (Wildman–Crippen LogP) is 6.13. The summed E-state index contributed by atoms with van der Waals surface area (Å²) >= 11 is 0. The molecule has 0 aliphatic rings. The highest BCUT2D eigenvalue weighted by molar-refractivity contribution is 4.96. The summed E-state index contributed by atoms with van der Waals surface area (Å²) in [5.74, 6) is 0.552. The molecule has 0 rings (SSSR count). The molecule has 114 valence electrons. The fourth-order valence-corrected chi connectivity index (χ4v) is 2.38. The molecule has 19 heavy (non-hydrogen) atoms. The molecule has 1 atom stereocenters. The smallest absolute Gasteiger partial charge is 0.0685 e. The lowest BCUT2D eigenvalue weighted by Gasteiger charge is -2.31. The monoisotopic (exact) mass is 268 g/mol. The fraction of sp³-hybridized carbons (Fsp3) is 0.889. The molecular weight excluding hydrogens is 232 g/mol. The largest absolute Gasteiger partial charge is 0.378 e. The zero-order valence-electron chi connectivity index (χ0n) is 14.0. The molecule has 0 aromatic heterocycles. The van der Waals surface area contributed by atoms with Gasteiger partial charge in [0.25, 0.3) is 0 Å². The second-order valence-corrected chi connectivity index (χ2v) is 6.19. The number of ether oxygens (including phenoxy) is 1. The van der Waals surface area contributed by atoms with Crippen LogP contribution in [0.4, 0.5) is 0 Å². The van der Waals surface area contributed by atoms with Crippen LogP contribution >= 0.6 is 0 Å². The molecule has 1 unspecified atom stereocenters. The minimum atomic E-state index is -0.0343. The van der Waals surface area contributed by atoms with Gasteiger partial charge in [0.05, 0.1) is 5.60 Å². The molecule has 0 heterocycles. The van der Waals surface area contributed by atoms with Crippen molar-refractivity contribution in [1.82, 2.24) is 0 Å². The summed E-state index contributed by atoms with van der Waals surface area (Å²) in [6, 6.07) is 0. The SMILES string of the molecule is CCCCC=CC(CCCCCCC)C(C)(C)OC. The van der Waals surface area contributed by atoms with Crippen LogP contribution in [0.15, 0.2) is 12.2 Å². The Bertz CT molecular complexity index is 218. The van der Waals surface area contributed by atoms with Gasteiger partial charge in [-0.15, -0.1) is 0 Å². The first kappa shape index (κ1) is 18.7. The number of methoxy groups -OCH3 is 1. The molecule has 0 bridgehead atoms. The Morgan fingerprint density at radius 2 is 1.58 bits per heavy atom. The maximum absolute atomic E-state index is 5.68.